The zero-order valence-corrected chi connectivity index (χ0v) is 10.0. The summed E-state index contributed by atoms with van der Waals surface area (Å²) in [6, 6.07) is 0.475. The van der Waals surface area contributed by atoms with Gasteiger partial charge in [0.05, 0.1) is 0 Å². The van der Waals surface area contributed by atoms with Gasteiger partial charge >= 0.3 is 0 Å². The minimum absolute atomic E-state index is 0.0702. The third-order valence-electron chi connectivity index (χ3n) is 2.09. The summed E-state index contributed by atoms with van der Waals surface area (Å²) >= 11 is 0. The van der Waals surface area contributed by atoms with Crippen molar-refractivity contribution in [2.24, 2.45) is 5.92 Å². The van der Waals surface area contributed by atoms with Gasteiger partial charge in [-0.1, -0.05) is 20.8 Å². The van der Waals surface area contributed by atoms with Gasteiger partial charge in [0.25, 0.3) is 0 Å². The molecule has 0 aliphatic rings. The van der Waals surface area contributed by atoms with Gasteiger partial charge in [-0.3, -0.25) is 4.79 Å². The van der Waals surface area contributed by atoms with Crippen molar-refractivity contribution in [2.45, 2.75) is 39.7 Å². The van der Waals surface area contributed by atoms with Gasteiger partial charge in [0, 0.05) is 25.6 Å². The van der Waals surface area contributed by atoms with E-state index < -0.39 is 0 Å². The largest absolute Gasteiger partial charge is 0.396 e. The quantitative estimate of drug-likeness (QED) is 0.518. The van der Waals surface area contributed by atoms with Crippen LogP contribution >= 0.6 is 0 Å². The maximum atomic E-state index is 11.3. The maximum Gasteiger partial charge on any atom is 0.220 e. The second-order valence-electron chi connectivity index (χ2n) is 4.30. The summed E-state index contributed by atoms with van der Waals surface area (Å²) in [5.74, 6) is 0.212. The maximum absolute atomic E-state index is 11.3. The number of hydrogen-bond donors (Lipinski definition) is 3. The van der Waals surface area contributed by atoms with Crippen LogP contribution in [0.5, 0.6) is 0 Å². The Morgan fingerprint density at radius 1 is 1.33 bits per heavy atom. The lowest BCUT2D eigenvalue weighted by molar-refractivity contribution is -0.121. The first-order valence-electron chi connectivity index (χ1n) is 5.67. The molecular formula is C11H24N2O2. The summed E-state index contributed by atoms with van der Waals surface area (Å²) in [6.45, 7) is 7.63. The van der Waals surface area contributed by atoms with Crippen LogP contribution < -0.4 is 10.6 Å². The Labute approximate surface area is 92.4 Å². The Hall–Kier alpha value is -0.610. The average Bonchev–Trinajstić information content (AvgIpc) is 2.20. The zero-order chi connectivity index (χ0) is 11.7. The number of aliphatic hydroxyl groups excluding tert-OH is 1. The van der Waals surface area contributed by atoms with Gasteiger partial charge in [-0.15, -0.1) is 0 Å². The molecule has 0 saturated carbocycles. The summed E-state index contributed by atoms with van der Waals surface area (Å²) in [4.78, 5) is 11.3. The molecule has 0 aliphatic carbocycles. The fourth-order valence-corrected chi connectivity index (χ4v) is 1.08. The Balaban J connectivity index is 3.34. The lowest BCUT2D eigenvalue weighted by atomic mass is 10.2. The van der Waals surface area contributed by atoms with Crippen molar-refractivity contribution in [2.75, 3.05) is 19.7 Å². The highest BCUT2D eigenvalue weighted by Crippen LogP contribution is 1.92. The molecule has 1 unspecified atom stereocenters. The molecule has 90 valence electrons. The molecule has 0 rings (SSSR count). The number of nitrogens with one attached hydrogen (secondary N) is 2. The molecule has 15 heavy (non-hydrogen) atoms. The van der Waals surface area contributed by atoms with Crippen molar-refractivity contribution < 1.29 is 9.90 Å². The van der Waals surface area contributed by atoms with Gasteiger partial charge in [0.15, 0.2) is 0 Å². The molecule has 0 aromatic carbocycles. The number of hydrogen-bond acceptors (Lipinski definition) is 3. The summed E-state index contributed by atoms with van der Waals surface area (Å²) in [5, 5.41) is 14.8. The highest BCUT2D eigenvalue weighted by Gasteiger charge is 2.04. The molecule has 0 bridgehead atoms. The number of carbonyl (C=O) groups excluding carboxylic acids is 1. The van der Waals surface area contributed by atoms with E-state index in [1.54, 1.807) is 0 Å². The summed E-state index contributed by atoms with van der Waals surface area (Å²) in [5.41, 5.74) is 0. The normalized spacial score (nSPS) is 12.9. The molecule has 0 saturated heterocycles. The van der Waals surface area contributed by atoms with Gasteiger partial charge in [0.1, 0.15) is 0 Å². The molecule has 0 aromatic heterocycles. The van der Waals surface area contributed by atoms with Crippen LogP contribution in [0, 0.1) is 5.92 Å². The van der Waals surface area contributed by atoms with Gasteiger partial charge in [-0.2, -0.15) is 0 Å². The monoisotopic (exact) mass is 216 g/mol. The van der Waals surface area contributed by atoms with Crippen LogP contribution in [0.3, 0.4) is 0 Å². The van der Waals surface area contributed by atoms with Crippen molar-refractivity contribution in [1.82, 2.24) is 10.6 Å². The first kappa shape index (κ1) is 14.4. The Morgan fingerprint density at radius 2 is 2.00 bits per heavy atom. The number of carbonyl (C=O) groups is 1. The van der Waals surface area contributed by atoms with Gasteiger partial charge in [0.2, 0.25) is 5.91 Å². The molecule has 0 radical (unpaired) electrons. The standard InChI is InChI=1S/C11H24N2O2/c1-9(2)12-6-4-5-11(15)13-7-10(3)8-14/h9-10,12,14H,4-8H2,1-3H3,(H,13,15). The van der Waals surface area contributed by atoms with E-state index in [4.69, 9.17) is 5.11 Å². The van der Waals surface area contributed by atoms with Crippen LogP contribution in [0.1, 0.15) is 33.6 Å². The van der Waals surface area contributed by atoms with E-state index in [1.165, 1.54) is 0 Å². The van der Waals surface area contributed by atoms with Gasteiger partial charge in [-0.05, 0) is 18.9 Å². The molecule has 0 aromatic rings. The second-order valence-corrected chi connectivity index (χ2v) is 4.30. The highest BCUT2D eigenvalue weighted by atomic mass is 16.3. The SMILES string of the molecule is CC(CO)CNC(=O)CCCNC(C)C. The first-order valence-corrected chi connectivity index (χ1v) is 5.67. The first-order chi connectivity index (χ1) is 7.06. The highest BCUT2D eigenvalue weighted by molar-refractivity contribution is 5.75. The minimum Gasteiger partial charge on any atom is -0.396 e. The molecule has 0 heterocycles. The Kier molecular flexibility index (Phi) is 8.33. The minimum atomic E-state index is 0.0702. The molecule has 1 amide bonds. The molecule has 4 nitrogen and oxygen atoms in total. The van der Waals surface area contributed by atoms with Crippen LogP contribution in [0.15, 0.2) is 0 Å². The number of aliphatic hydroxyl groups is 1. The van der Waals surface area contributed by atoms with E-state index >= 15 is 0 Å². The van der Waals surface area contributed by atoms with E-state index in [2.05, 4.69) is 24.5 Å². The molecule has 0 spiro atoms. The fourth-order valence-electron chi connectivity index (χ4n) is 1.08. The molecule has 4 heteroatoms. The molecule has 1 atom stereocenters. The average molecular weight is 216 g/mol. The second kappa shape index (κ2) is 8.68. The fraction of sp³-hybridized carbons (Fsp3) is 0.909. The summed E-state index contributed by atoms with van der Waals surface area (Å²) in [7, 11) is 0. The van der Waals surface area contributed by atoms with Crippen molar-refractivity contribution in [1.29, 1.82) is 0 Å². The van der Waals surface area contributed by atoms with Gasteiger partial charge < -0.3 is 15.7 Å². The van der Waals surface area contributed by atoms with Crippen molar-refractivity contribution in [3.8, 4) is 0 Å². The molecular weight excluding hydrogens is 192 g/mol. The molecule has 0 fully saturated rings. The predicted octanol–water partition coefficient (Wildman–Crippen LogP) is 0.509. The van der Waals surface area contributed by atoms with E-state index in [0.29, 0.717) is 19.0 Å². The van der Waals surface area contributed by atoms with Crippen LogP contribution in [0.2, 0.25) is 0 Å². The Morgan fingerprint density at radius 3 is 2.53 bits per heavy atom. The van der Waals surface area contributed by atoms with Crippen LogP contribution in [-0.2, 0) is 4.79 Å². The van der Waals surface area contributed by atoms with E-state index in [-0.39, 0.29) is 18.4 Å². The van der Waals surface area contributed by atoms with Crippen molar-refractivity contribution in [3.05, 3.63) is 0 Å². The van der Waals surface area contributed by atoms with Crippen LogP contribution in [0.4, 0.5) is 0 Å². The van der Waals surface area contributed by atoms with Gasteiger partial charge in [-0.25, -0.2) is 0 Å². The number of rotatable bonds is 8. The third kappa shape index (κ3) is 9.69. The van der Waals surface area contributed by atoms with Crippen LogP contribution in [0.25, 0.3) is 0 Å². The summed E-state index contributed by atoms with van der Waals surface area (Å²) in [6.07, 6.45) is 1.41. The van der Waals surface area contributed by atoms with Crippen molar-refractivity contribution >= 4 is 5.91 Å². The Bertz CT molecular complexity index is 172. The number of amides is 1. The van der Waals surface area contributed by atoms with E-state index in [9.17, 15) is 4.79 Å². The molecule has 0 aliphatic heterocycles. The third-order valence-corrected chi connectivity index (χ3v) is 2.09. The van der Waals surface area contributed by atoms with Crippen LogP contribution in [-0.4, -0.2) is 36.8 Å². The smallest absolute Gasteiger partial charge is 0.220 e. The lowest BCUT2D eigenvalue weighted by Crippen LogP contribution is -2.30. The topological polar surface area (TPSA) is 61.4 Å². The van der Waals surface area contributed by atoms with E-state index in [1.807, 2.05) is 6.92 Å². The summed E-state index contributed by atoms with van der Waals surface area (Å²) < 4.78 is 0. The predicted molar refractivity (Wildman–Crippen MR) is 61.6 cm³/mol. The van der Waals surface area contributed by atoms with Crippen molar-refractivity contribution in [3.63, 3.8) is 0 Å². The molecule has 3 N–H and O–H groups in total. The zero-order valence-electron chi connectivity index (χ0n) is 10.0. The van der Waals surface area contributed by atoms with E-state index in [0.717, 1.165) is 13.0 Å². The lowest BCUT2D eigenvalue weighted by Gasteiger charge is -2.10.